The number of anilines is 1. The molecule has 9 nitrogen and oxygen atoms in total. The maximum absolute atomic E-state index is 6.11. The highest BCUT2D eigenvalue weighted by Gasteiger charge is 2.34. The Labute approximate surface area is 200 Å². The first kappa shape index (κ1) is 22.8. The summed E-state index contributed by atoms with van der Waals surface area (Å²) in [6, 6.07) is 14.7. The van der Waals surface area contributed by atoms with Gasteiger partial charge in [-0.15, -0.1) is 0 Å². The summed E-state index contributed by atoms with van der Waals surface area (Å²) < 4.78 is 18.9. The van der Waals surface area contributed by atoms with Gasteiger partial charge in [0.2, 0.25) is 0 Å². The molecule has 4 heterocycles. The minimum absolute atomic E-state index is 0.000748. The zero-order valence-corrected chi connectivity index (χ0v) is 20.1. The van der Waals surface area contributed by atoms with E-state index >= 15 is 0 Å². The lowest BCUT2D eigenvalue weighted by Crippen LogP contribution is -2.44. The summed E-state index contributed by atoms with van der Waals surface area (Å²) in [5.74, 6) is 1.52. The van der Waals surface area contributed by atoms with Gasteiger partial charge in [0.05, 0.1) is 37.8 Å². The Hall–Kier alpha value is -3.01. The van der Waals surface area contributed by atoms with Crippen LogP contribution in [-0.4, -0.2) is 84.9 Å². The van der Waals surface area contributed by atoms with Crippen molar-refractivity contribution in [2.24, 2.45) is 5.41 Å². The normalized spacial score (nSPS) is 17.6. The van der Waals surface area contributed by atoms with Crippen molar-refractivity contribution < 1.29 is 14.2 Å². The Balaban J connectivity index is 1.54. The number of benzene rings is 1. The summed E-state index contributed by atoms with van der Waals surface area (Å²) in [5, 5.41) is 4.95. The molecule has 0 bridgehead atoms. The Morgan fingerprint density at radius 3 is 2.41 bits per heavy atom. The molecule has 0 amide bonds. The van der Waals surface area contributed by atoms with Gasteiger partial charge >= 0.3 is 6.01 Å². The van der Waals surface area contributed by atoms with Gasteiger partial charge in [-0.05, 0) is 20.2 Å². The van der Waals surface area contributed by atoms with E-state index in [1.165, 1.54) is 0 Å². The first-order valence-electron chi connectivity index (χ1n) is 11.7. The number of aromatic nitrogens is 4. The van der Waals surface area contributed by atoms with Crippen LogP contribution in [0.2, 0.25) is 0 Å². The van der Waals surface area contributed by atoms with Crippen molar-refractivity contribution in [1.29, 1.82) is 0 Å². The molecule has 1 aromatic carbocycles. The summed E-state index contributed by atoms with van der Waals surface area (Å²) in [7, 11) is 4.10. The number of morpholine rings is 1. The minimum Gasteiger partial charge on any atom is -0.463 e. The summed E-state index contributed by atoms with van der Waals surface area (Å²) in [6.07, 6.45) is 0. The molecule has 180 valence electrons. The summed E-state index contributed by atoms with van der Waals surface area (Å²) in [5.41, 5.74) is 3.02. The molecule has 0 N–H and O–H groups in total. The number of rotatable bonds is 8. The van der Waals surface area contributed by atoms with Gasteiger partial charge in [-0.1, -0.05) is 37.3 Å². The van der Waals surface area contributed by atoms with Crippen LogP contribution in [0.5, 0.6) is 6.01 Å². The van der Waals surface area contributed by atoms with Crippen LogP contribution in [0.4, 0.5) is 5.82 Å². The smallest absolute Gasteiger partial charge is 0.320 e. The average Bonchev–Trinajstić information content (AvgIpc) is 3.25. The van der Waals surface area contributed by atoms with Crippen LogP contribution in [0.15, 0.2) is 42.5 Å². The molecule has 2 fully saturated rings. The van der Waals surface area contributed by atoms with Gasteiger partial charge in [0.25, 0.3) is 0 Å². The van der Waals surface area contributed by atoms with E-state index in [0.29, 0.717) is 44.9 Å². The molecule has 9 heteroatoms. The van der Waals surface area contributed by atoms with E-state index in [-0.39, 0.29) is 5.41 Å². The third-order valence-electron chi connectivity index (χ3n) is 6.01. The first-order valence-corrected chi connectivity index (χ1v) is 11.7. The summed E-state index contributed by atoms with van der Waals surface area (Å²) >= 11 is 0. The van der Waals surface area contributed by atoms with E-state index in [2.05, 4.69) is 49.0 Å². The molecule has 0 atom stereocenters. The monoisotopic (exact) mass is 464 g/mol. The zero-order chi connectivity index (χ0) is 23.5. The van der Waals surface area contributed by atoms with Gasteiger partial charge in [-0.3, -0.25) is 0 Å². The van der Waals surface area contributed by atoms with Gasteiger partial charge in [-0.25, -0.2) is 4.68 Å². The topological polar surface area (TPSA) is 77.8 Å². The van der Waals surface area contributed by atoms with Gasteiger partial charge in [0.1, 0.15) is 12.4 Å². The first-order chi connectivity index (χ1) is 16.5. The molecular formula is C25H32N6O3. The van der Waals surface area contributed by atoms with Crippen LogP contribution in [0.3, 0.4) is 0 Å². The number of hydrogen-bond acceptors (Lipinski definition) is 8. The summed E-state index contributed by atoms with van der Waals surface area (Å²) in [4.78, 5) is 13.9. The van der Waals surface area contributed by atoms with Gasteiger partial charge in [0.15, 0.2) is 5.82 Å². The highest BCUT2D eigenvalue weighted by atomic mass is 16.5. The van der Waals surface area contributed by atoms with Crippen LogP contribution < -0.4 is 9.64 Å². The molecule has 0 saturated carbocycles. The lowest BCUT2D eigenvalue weighted by molar-refractivity contribution is -0.121. The van der Waals surface area contributed by atoms with Gasteiger partial charge < -0.3 is 24.0 Å². The fraction of sp³-hybridized carbons (Fsp3) is 0.480. The number of hydrogen-bond donors (Lipinski definition) is 0. The fourth-order valence-corrected chi connectivity index (χ4v) is 4.11. The van der Waals surface area contributed by atoms with Crippen molar-refractivity contribution in [3.63, 3.8) is 0 Å². The number of ether oxygens (including phenoxy) is 3. The third-order valence-corrected chi connectivity index (χ3v) is 6.01. The van der Waals surface area contributed by atoms with Crippen LogP contribution >= 0.6 is 0 Å². The Kier molecular flexibility index (Phi) is 6.49. The Morgan fingerprint density at radius 2 is 1.74 bits per heavy atom. The molecular weight excluding hydrogens is 432 g/mol. The third kappa shape index (κ3) is 5.06. The van der Waals surface area contributed by atoms with E-state index in [1.807, 2.05) is 28.9 Å². The van der Waals surface area contributed by atoms with E-state index in [9.17, 15) is 0 Å². The SMILES string of the molecule is CN(C)Cc1cc(-c2ccccc2)nn1-c1cc(N2CCOCC2)nc(OCC2(C)COC2)n1. The fourth-order valence-electron chi connectivity index (χ4n) is 4.11. The molecule has 2 saturated heterocycles. The van der Waals surface area contributed by atoms with Crippen LogP contribution in [0.25, 0.3) is 17.1 Å². The molecule has 5 rings (SSSR count). The molecule has 0 aliphatic carbocycles. The molecule has 0 unspecified atom stereocenters. The molecule has 2 aliphatic heterocycles. The molecule has 3 aromatic rings. The van der Waals surface area contributed by atoms with Crippen molar-refractivity contribution >= 4 is 5.82 Å². The Bertz CT molecular complexity index is 1110. The lowest BCUT2D eigenvalue weighted by atomic mass is 9.90. The van der Waals surface area contributed by atoms with E-state index in [0.717, 1.165) is 42.4 Å². The molecule has 0 spiro atoms. The summed E-state index contributed by atoms with van der Waals surface area (Å²) in [6.45, 7) is 7.68. The van der Waals surface area contributed by atoms with Crippen LogP contribution in [-0.2, 0) is 16.0 Å². The van der Waals surface area contributed by atoms with Crippen molar-refractivity contribution in [3.05, 3.63) is 48.2 Å². The molecule has 2 aromatic heterocycles. The van der Waals surface area contributed by atoms with E-state index in [1.54, 1.807) is 0 Å². The molecule has 34 heavy (non-hydrogen) atoms. The van der Waals surface area contributed by atoms with Crippen molar-refractivity contribution in [2.45, 2.75) is 13.5 Å². The van der Waals surface area contributed by atoms with Crippen LogP contribution in [0.1, 0.15) is 12.6 Å². The quantitative estimate of drug-likeness (QED) is 0.504. The second-order valence-electron chi connectivity index (χ2n) is 9.59. The van der Waals surface area contributed by atoms with Crippen molar-refractivity contribution in [2.75, 3.05) is 65.1 Å². The van der Waals surface area contributed by atoms with Crippen molar-refractivity contribution in [1.82, 2.24) is 24.6 Å². The van der Waals surface area contributed by atoms with Gasteiger partial charge in [-0.2, -0.15) is 15.1 Å². The highest BCUT2D eigenvalue weighted by Crippen LogP contribution is 2.29. The van der Waals surface area contributed by atoms with Gasteiger partial charge in [0, 0.05) is 36.7 Å². The van der Waals surface area contributed by atoms with E-state index in [4.69, 9.17) is 29.3 Å². The molecule has 0 radical (unpaired) electrons. The lowest BCUT2D eigenvalue weighted by Gasteiger charge is -2.37. The average molecular weight is 465 g/mol. The maximum Gasteiger partial charge on any atom is 0.320 e. The maximum atomic E-state index is 6.11. The largest absolute Gasteiger partial charge is 0.463 e. The number of nitrogens with zero attached hydrogens (tertiary/aromatic N) is 6. The van der Waals surface area contributed by atoms with Crippen molar-refractivity contribution in [3.8, 4) is 23.1 Å². The van der Waals surface area contributed by atoms with Crippen LogP contribution in [0, 0.1) is 5.41 Å². The standard InChI is InChI=1S/C25H32N6O3/c1-25(16-33-17-25)18-34-24-26-22(30-9-11-32-12-10-30)14-23(27-24)31-20(15-29(2)3)13-21(28-31)19-7-5-4-6-8-19/h4-8,13-14H,9-12,15-18H2,1-3H3. The highest BCUT2D eigenvalue weighted by molar-refractivity contribution is 5.60. The second kappa shape index (κ2) is 9.69. The minimum atomic E-state index is 0.000748. The predicted octanol–water partition coefficient (Wildman–Crippen LogP) is 2.64. The zero-order valence-electron chi connectivity index (χ0n) is 20.1. The van der Waals surface area contributed by atoms with E-state index < -0.39 is 0 Å². The molecule has 2 aliphatic rings. The second-order valence-corrected chi connectivity index (χ2v) is 9.59. The Morgan fingerprint density at radius 1 is 1.00 bits per heavy atom. The predicted molar refractivity (Wildman–Crippen MR) is 129 cm³/mol.